The lowest BCUT2D eigenvalue weighted by Crippen LogP contribution is -2.20. The summed E-state index contributed by atoms with van der Waals surface area (Å²) in [5.41, 5.74) is 5.32. The highest BCUT2D eigenvalue weighted by atomic mass is 35.5. The minimum absolute atomic E-state index is 0.0160. The van der Waals surface area contributed by atoms with Crippen LogP contribution in [0.25, 0.3) is 11.0 Å². The lowest BCUT2D eigenvalue weighted by Gasteiger charge is -2.05. The van der Waals surface area contributed by atoms with E-state index in [1.807, 2.05) is 0 Å². The average Bonchev–Trinajstić information content (AvgIpc) is 3.33. The summed E-state index contributed by atoms with van der Waals surface area (Å²) in [5.74, 6) is -1.06. The van der Waals surface area contributed by atoms with Crippen molar-refractivity contribution in [2.24, 2.45) is 12.8 Å². The maximum Gasteiger partial charge on any atom is 0.358 e. The first-order chi connectivity index (χ1) is 15.5. The van der Waals surface area contributed by atoms with E-state index < -0.39 is 21.9 Å². The molecule has 0 atom stereocenters. The summed E-state index contributed by atoms with van der Waals surface area (Å²) in [6, 6.07) is 7.33. The van der Waals surface area contributed by atoms with Crippen molar-refractivity contribution in [2.45, 2.75) is 5.03 Å². The van der Waals surface area contributed by atoms with E-state index in [-0.39, 0.29) is 48.8 Å². The Morgan fingerprint density at radius 2 is 1.94 bits per heavy atom. The number of aromatic nitrogens is 2. The Morgan fingerprint density at radius 1 is 1.18 bits per heavy atom. The second-order valence-electron chi connectivity index (χ2n) is 6.82. The van der Waals surface area contributed by atoms with Crippen LogP contribution in [0.5, 0.6) is 5.75 Å². The summed E-state index contributed by atoms with van der Waals surface area (Å²) in [6.45, 7) is 0. The number of hydrogen-bond donors (Lipinski definition) is 2. The number of aryl methyl sites for hydroxylation is 1. The fourth-order valence-electron chi connectivity index (χ4n) is 3.02. The number of benzene rings is 2. The van der Waals surface area contributed by atoms with Crippen molar-refractivity contribution in [3.63, 3.8) is 0 Å². The van der Waals surface area contributed by atoms with Gasteiger partial charge in [0.25, 0.3) is 0 Å². The van der Waals surface area contributed by atoms with Crippen LogP contribution in [0.2, 0.25) is 10.0 Å². The van der Waals surface area contributed by atoms with E-state index in [1.54, 1.807) is 7.05 Å². The molecule has 0 bridgehead atoms. The highest BCUT2D eigenvalue weighted by Crippen LogP contribution is 2.36. The molecule has 2 aromatic carbocycles. The summed E-state index contributed by atoms with van der Waals surface area (Å²) in [6.07, 6.45) is 2.59. The van der Waals surface area contributed by atoms with Crippen LogP contribution in [-0.2, 0) is 17.2 Å². The number of fused-ring (bicyclic) bond motifs is 1. The van der Waals surface area contributed by atoms with Gasteiger partial charge in [-0.15, -0.1) is 0 Å². The first kappa shape index (κ1) is 22.6. The van der Waals surface area contributed by atoms with E-state index in [4.69, 9.17) is 37.5 Å². The van der Waals surface area contributed by atoms with Gasteiger partial charge in [-0.25, -0.2) is 9.78 Å². The molecule has 2 heterocycles. The lowest BCUT2D eigenvalue weighted by atomic mass is 10.1. The number of hydrogen-bond acceptors (Lipinski definition) is 7. The lowest BCUT2D eigenvalue weighted by molar-refractivity contribution is 0.101. The van der Waals surface area contributed by atoms with Crippen LogP contribution in [0.15, 0.2) is 58.4 Å². The van der Waals surface area contributed by atoms with Crippen molar-refractivity contribution in [3.05, 3.63) is 70.3 Å². The first-order valence-electron chi connectivity index (χ1n) is 9.10. The molecule has 0 aliphatic carbocycles. The highest BCUT2D eigenvalue weighted by molar-refractivity contribution is 7.87. The van der Waals surface area contributed by atoms with E-state index in [2.05, 4.69) is 10.3 Å². The third kappa shape index (κ3) is 4.51. The van der Waals surface area contributed by atoms with E-state index in [1.165, 1.54) is 53.5 Å². The number of urea groups is 1. The van der Waals surface area contributed by atoms with Crippen LogP contribution in [0.4, 0.5) is 10.5 Å². The molecule has 0 fully saturated rings. The molecule has 0 aliphatic heterocycles. The zero-order valence-corrected chi connectivity index (χ0v) is 19.0. The maximum atomic E-state index is 13.1. The third-order valence-electron chi connectivity index (χ3n) is 4.43. The molecular weight excluding hydrogens is 495 g/mol. The molecule has 10 nitrogen and oxygen atoms in total. The molecule has 0 saturated heterocycles. The first-order valence-corrected chi connectivity index (χ1v) is 11.3. The Hall–Kier alpha value is -3.54. The van der Waals surface area contributed by atoms with Crippen LogP contribution in [0.1, 0.15) is 16.1 Å². The van der Waals surface area contributed by atoms with Gasteiger partial charge in [0.2, 0.25) is 10.8 Å². The van der Waals surface area contributed by atoms with Crippen LogP contribution in [0, 0.1) is 0 Å². The van der Waals surface area contributed by atoms with E-state index >= 15 is 0 Å². The number of halogens is 2. The van der Waals surface area contributed by atoms with Gasteiger partial charge in [-0.1, -0.05) is 23.2 Å². The number of nitrogens with one attached hydrogen (secondary N) is 1. The Bertz CT molecular complexity index is 1530. The number of amides is 2. The van der Waals surface area contributed by atoms with Crippen molar-refractivity contribution >= 4 is 61.8 Å². The van der Waals surface area contributed by atoms with Crippen LogP contribution < -0.4 is 15.2 Å². The highest BCUT2D eigenvalue weighted by Gasteiger charge is 2.26. The molecule has 13 heteroatoms. The number of imidazole rings is 1. The molecule has 4 rings (SSSR count). The second-order valence-corrected chi connectivity index (χ2v) is 9.16. The molecule has 0 spiro atoms. The van der Waals surface area contributed by atoms with E-state index in [0.29, 0.717) is 0 Å². The zero-order chi connectivity index (χ0) is 23.9. The molecule has 170 valence electrons. The Morgan fingerprint density at radius 3 is 2.61 bits per heavy atom. The zero-order valence-electron chi connectivity index (χ0n) is 16.7. The van der Waals surface area contributed by atoms with E-state index in [9.17, 15) is 18.0 Å². The minimum Gasteiger partial charge on any atom is -0.450 e. The van der Waals surface area contributed by atoms with Gasteiger partial charge in [0, 0.05) is 35.3 Å². The average molecular weight is 509 g/mol. The summed E-state index contributed by atoms with van der Waals surface area (Å²) < 4.78 is 37.1. The van der Waals surface area contributed by atoms with Crippen molar-refractivity contribution in [1.82, 2.24) is 9.55 Å². The number of nitrogens with zero attached hydrogens (tertiary/aromatic N) is 2. The van der Waals surface area contributed by atoms with Crippen molar-refractivity contribution in [2.75, 3.05) is 5.32 Å². The number of carbonyl (C=O) groups excluding carboxylic acids is 2. The molecule has 3 N–H and O–H groups in total. The number of anilines is 1. The van der Waals surface area contributed by atoms with Gasteiger partial charge in [0.1, 0.15) is 17.0 Å². The molecule has 33 heavy (non-hydrogen) atoms. The number of rotatable bonds is 6. The van der Waals surface area contributed by atoms with Crippen LogP contribution in [0.3, 0.4) is 0 Å². The largest absolute Gasteiger partial charge is 0.450 e. The molecule has 0 unspecified atom stereocenters. The number of carbonyl (C=O) groups is 2. The molecule has 4 aromatic rings. The van der Waals surface area contributed by atoms with Crippen molar-refractivity contribution in [1.29, 1.82) is 0 Å². The number of primary amides is 1. The van der Waals surface area contributed by atoms with Crippen LogP contribution >= 0.6 is 23.2 Å². The monoisotopic (exact) mass is 508 g/mol. The minimum atomic E-state index is -4.22. The summed E-state index contributed by atoms with van der Waals surface area (Å²) in [5, 5.41) is 2.72. The van der Waals surface area contributed by atoms with Gasteiger partial charge in [-0.05, 0) is 30.3 Å². The predicted molar refractivity (Wildman–Crippen MR) is 120 cm³/mol. The standard InChI is InChI=1S/C20H14Cl2N4O6S/c1-26-8-16(24-9-26)33(29,30)32-11-3-4-12-15(7-11)31-19(17(12)25-20(23)28)18(27)13-6-10(21)2-5-14(13)22/h2-9H,1H3,(H3,23,25,28). The molecule has 0 saturated carbocycles. The molecular formula is C20H14Cl2N4O6S. The van der Waals surface area contributed by atoms with Crippen molar-refractivity contribution in [3.8, 4) is 5.75 Å². The SMILES string of the molecule is Cn1cnc(S(=O)(=O)Oc2ccc3c(NC(N)=O)c(C(=O)c4cc(Cl)ccc4Cl)oc3c2)c1. The Balaban J connectivity index is 1.79. The quantitative estimate of drug-likeness (QED) is 0.295. The van der Waals surface area contributed by atoms with E-state index in [0.717, 1.165) is 0 Å². The maximum absolute atomic E-state index is 13.1. The molecule has 0 radical (unpaired) electrons. The van der Waals surface area contributed by atoms with Gasteiger partial charge in [0.05, 0.1) is 11.3 Å². The number of nitrogens with two attached hydrogens (primary N) is 1. The fraction of sp³-hybridized carbons (Fsp3) is 0.0500. The normalized spacial score (nSPS) is 11.5. The van der Waals surface area contributed by atoms with Crippen molar-refractivity contribution < 1.29 is 26.6 Å². The van der Waals surface area contributed by atoms with Gasteiger partial charge in [-0.3, -0.25) is 4.79 Å². The second kappa shape index (κ2) is 8.43. The molecule has 2 amide bonds. The summed E-state index contributed by atoms with van der Waals surface area (Å²) in [7, 11) is -2.61. The molecule has 2 aromatic heterocycles. The van der Waals surface area contributed by atoms with Crippen LogP contribution in [-0.4, -0.2) is 29.8 Å². The van der Waals surface area contributed by atoms with Gasteiger partial charge >= 0.3 is 16.1 Å². The van der Waals surface area contributed by atoms with Gasteiger partial charge < -0.3 is 24.2 Å². The van der Waals surface area contributed by atoms with Gasteiger partial charge in [0.15, 0.2) is 5.76 Å². The summed E-state index contributed by atoms with van der Waals surface area (Å²) >= 11 is 12.1. The summed E-state index contributed by atoms with van der Waals surface area (Å²) in [4.78, 5) is 28.4. The topological polar surface area (TPSA) is 147 Å². The Kier molecular flexibility index (Phi) is 5.78. The number of ketones is 1. The smallest absolute Gasteiger partial charge is 0.358 e. The fourth-order valence-corrected chi connectivity index (χ4v) is 4.31. The third-order valence-corrected chi connectivity index (χ3v) is 6.13. The predicted octanol–water partition coefficient (Wildman–Crippen LogP) is 3.96. The number of furan rings is 1. The molecule has 0 aliphatic rings. The Labute approximate surface area is 197 Å². The van der Waals surface area contributed by atoms with Gasteiger partial charge in [-0.2, -0.15) is 8.42 Å².